The quantitative estimate of drug-likeness (QED) is 0.481. The van der Waals surface area contributed by atoms with E-state index in [0.717, 1.165) is 18.4 Å². The van der Waals surface area contributed by atoms with Gasteiger partial charge in [-0.1, -0.05) is 25.1 Å². The van der Waals surface area contributed by atoms with Crippen molar-refractivity contribution in [1.29, 1.82) is 0 Å². The zero-order valence-corrected chi connectivity index (χ0v) is 21.3. The second-order valence-corrected chi connectivity index (χ2v) is 10.1. The third-order valence-electron chi connectivity index (χ3n) is 5.34. The van der Waals surface area contributed by atoms with Crippen molar-refractivity contribution in [3.63, 3.8) is 0 Å². The van der Waals surface area contributed by atoms with Crippen LogP contribution < -0.4 is 14.4 Å². The summed E-state index contributed by atoms with van der Waals surface area (Å²) in [5.41, 5.74) is -0.755. The first-order chi connectivity index (χ1) is 16.8. The zero-order chi connectivity index (χ0) is 27.1. The van der Waals surface area contributed by atoms with Crippen LogP contribution in [0.4, 0.5) is 18.9 Å². The molecule has 2 rings (SSSR count). The number of rotatable bonds is 11. The van der Waals surface area contributed by atoms with Crippen LogP contribution in [0.3, 0.4) is 0 Å². The number of amides is 2. The molecule has 0 saturated heterocycles. The summed E-state index contributed by atoms with van der Waals surface area (Å²) in [6.45, 7) is 2.89. The number of carbonyl (C=O) groups excluding carboxylic acids is 2. The molecule has 0 spiro atoms. The third-order valence-corrected chi connectivity index (χ3v) is 6.48. The molecule has 0 bridgehead atoms. The number of methoxy groups -OCH3 is 1. The van der Waals surface area contributed by atoms with Crippen molar-refractivity contribution in [3.8, 4) is 5.75 Å². The number of halogens is 3. The summed E-state index contributed by atoms with van der Waals surface area (Å²) >= 11 is 0. The first-order valence-electron chi connectivity index (χ1n) is 11.1. The summed E-state index contributed by atoms with van der Waals surface area (Å²) in [6.07, 6.45) is -3.24. The highest BCUT2D eigenvalue weighted by Crippen LogP contribution is 2.32. The van der Waals surface area contributed by atoms with Gasteiger partial charge >= 0.3 is 6.18 Å². The van der Waals surface area contributed by atoms with Crippen LogP contribution >= 0.6 is 0 Å². The Morgan fingerprint density at radius 3 is 2.36 bits per heavy atom. The highest BCUT2D eigenvalue weighted by atomic mass is 32.2. The summed E-state index contributed by atoms with van der Waals surface area (Å²) in [5.74, 6) is -0.692. The van der Waals surface area contributed by atoms with E-state index in [2.05, 4.69) is 5.32 Å². The number of nitrogens with zero attached hydrogens (tertiary/aromatic N) is 2. The SMILES string of the molecule is CCCNC(=O)[C@H](C)N(Cc1cccc(OC)c1)C(=O)CN(c1cccc(C(F)(F)F)c1)S(C)(=O)=O. The lowest BCUT2D eigenvalue weighted by Gasteiger charge is -2.31. The lowest BCUT2D eigenvalue weighted by Crippen LogP contribution is -2.51. The molecule has 1 atom stereocenters. The van der Waals surface area contributed by atoms with Gasteiger partial charge in [0.15, 0.2) is 0 Å². The topological polar surface area (TPSA) is 96.0 Å². The number of hydrogen-bond acceptors (Lipinski definition) is 5. The molecular formula is C24H30F3N3O5S. The number of anilines is 1. The molecule has 0 unspecified atom stereocenters. The van der Waals surface area contributed by atoms with Crippen molar-refractivity contribution in [1.82, 2.24) is 10.2 Å². The number of alkyl halides is 3. The number of ether oxygens (including phenoxy) is 1. The second kappa shape index (κ2) is 12.1. The maximum atomic E-state index is 13.4. The van der Waals surface area contributed by atoms with E-state index in [1.165, 1.54) is 25.0 Å². The molecule has 12 heteroatoms. The van der Waals surface area contributed by atoms with E-state index in [4.69, 9.17) is 4.74 Å². The molecular weight excluding hydrogens is 499 g/mol. The van der Waals surface area contributed by atoms with Crippen LogP contribution in [-0.4, -0.2) is 57.6 Å². The van der Waals surface area contributed by atoms with Gasteiger partial charge in [-0.3, -0.25) is 13.9 Å². The number of benzene rings is 2. The van der Waals surface area contributed by atoms with E-state index >= 15 is 0 Å². The Morgan fingerprint density at radius 1 is 1.11 bits per heavy atom. The summed E-state index contributed by atoms with van der Waals surface area (Å²) < 4.78 is 70.5. The van der Waals surface area contributed by atoms with E-state index in [1.807, 2.05) is 6.92 Å². The minimum Gasteiger partial charge on any atom is -0.497 e. The Hall–Kier alpha value is -3.28. The molecule has 1 N–H and O–H groups in total. The van der Waals surface area contributed by atoms with Gasteiger partial charge in [0, 0.05) is 13.1 Å². The Balaban J connectivity index is 2.44. The van der Waals surface area contributed by atoms with Crippen LogP contribution in [0.15, 0.2) is 48.5 Å². The molecule has 0 aromatic heterocycles. The van der Waals surface area contributed by atoms with Crippen LogP contribution in [0.25, 0.3) is 0 Å². The van der Waals surface area contributed by atoms with Crippen LogP contribution in [-0.2, 0) is 32.3 Å². The minimum atomic E-state index is -4.70. The summed E-state index contributed by atoms with van der Waals surface area (Å²) in [6, 6.07) is 9.50. The molecule has 2 amide bonds. The van der Waals surface area contributed by atoms with E-state index in [9.17, 15) is 31.2 Å². The molecule has 0 aliphatic heterocycles. The van der Waals surface area contributed by atoms with Gasteiger partial charge in [-0.05, 0) is 49.2 Å². The summed E-state index contributed by atoms with van der Waals surface area (Å²) in [7, 11) is -2.68. The first-order valence-corrected chi connectivity index (χ1v) is 13.0. The molecule has 0 radical (unpaired) electrons. The monoisotopic (exact) mass is 529 g/mol. The van der Waals surface area contributed by atoms with E-state index in [0.29, 0.717) is 34.7 Å². The van der Waals surface area contributed by atoms with Gasteiger partial charge in [0.1, 0.15) is 18.3 Å². The molecule has 0 aliphatic carbocycles. The summed E-state index contributed by atoms with van der Waals surface area (Å²) in [4.78, 5) is 27.3. The van der Waals surface area contributed by atoms with E-state index in [-0.39, 0.29) is 12.2 Å². The minimum absolute atomic E-state index is 0.0586. The maximum Gasteiger partial charge on any atom is 0.416 e. The van der Waals surface area contributed by atoms with Crippen LogP contribution in [0.1, 0.15) is 31.4 Å². The lowest BCUT2D eigenvalue weighted by molar-refractivity contribution is -0.139. The third kappa shape index (κ3) is 7.87. The average molecular weight is 530 g/mol. The Morgan fingerprint density at radius 2 is 1.78 bits per heavy atom. The van der Waals surface area contributed by atoms with Crippen molar-refractivity contribution in [2.45, 2.75) is 39.0 Å². The molecule has 0 aliphatic rings. The highest BCUT2D eigenvalue weighted by Gasteiger charge is 2.33. The number of hydrogen-bond donors (Lipinski definition) is 1. The number of carbonyl (C=O) groups is 2. The molecule has 198 valence electrons. The van der Waals surface area contributed by atoms with Gasteiger partial charge in [0.05, 0.1) is 24.6 Å². The van der Waals surface area contributed by atoms with Crippen molar-refractivity contribution in [3.05, 3.63) is 59.7 Å². The average Bonchev–Trinajstić information content (AvgIpc) is 2.82. The fourth-order valence-electron chi connectivity index (χ4n) is 3.40. The molecule has 8 nitrogen and oxygen atoms in total. The van der Waals surface area contributed by atoms with Gasteiger partial charge in [0.2, 0.25) is 21.8 Å². The van der Waals surface area contributed by atoms with Crippen molar-refractivity contribution in [2.75, 3.05) is 30.8 Å². The Kier molecular flexibility index (Phi) is 9.74. The molecule has 2 aromatic carbocycles. The normalized spacial score (nSPS) is 12.5. The van der Waals surface area contributed by atoms with Crippen LogP contribution in [0.5, 0.6) is 5.75 Å². The van der Waals surface area contributed by atoms with E-state index in [1.54, 1.807) is 24.3 Å². The number of sulfonamides is 1. The van der Waals surface area contributed by atoms with Crippen LogP contribution in [0.2, 0.25) is 0 Å². The van der Waals surface area contributed by atoms with Gasteiger partial charge in [0.25, 0.3) is 0 Å². The van der Waals surface area contributed by atoms with Crippen molar-refractivity contribution >= 4 is 27.5 Å². The number of nitrogens with one attached hydrogen (secondary N) is 1. The maximum absolute atomic E-state index is 13.4. The zero-order valence-electron chi connectivity index (χ0n) is 20.5. The molecule has 2 aromatic rings. The van der Waals surface area contributed by atoms with Gasteiger partial charge in [-0.2, -0.15) is 13.2 Å². The van der Waals surface area contributed by atoms with Crippen molar-refractivity contribution in [2.24, 2.45) is 0 Å². The smallest absolute Gasteiger partial charge is 0.416 e. The second-order valence-electron chi connectivity index (χ2n) is 8.16. The Bertz CT molecular complexity index is 1170. The standard InChI is InChI=1S/C24H30F3N3O5S/c1-5-12-28-23(32)17(2)29(15-18-8-6-11-21(13-18)35-3)22(31)16-30(36(4,33)34)20-10-7-9-19(14-20)24(25,26)27/h6-11,13-14,17H,5,12,15-16H2,1-4H3,(H,28,32)/t17-/m0/s1. The highest BCUT2D eigenvalue weighted by molar-refractivity contribution is 7.92. The largest absolute Gasteiger partial charge is 0.497 e. The van der Waals surface area contributed by atoms with Gasteiger partial charge in [-0.15, -0.1) is 0 Å². The van der Waals surface area contributed by atoms with Crippen molar-refractivity contribution < 1.29 is 35.9 Å². The van der Waals surface area contributed by atoms with Gasteiger partial charge < -0.3 is 15.0 Å². The van der Waals surface area contributed by atoms with Gasteiger partial charge in [-0.25, -0.2) is 8.42 Å². The lowest BCUT2D eigenvalue weighted by atomic mass is 10.1. The first kappa shape index (κ1) is 29.0. The Labute approximate surface area is 209 Å². The van der Waals surface area contributed by atoms with Crippen LogP contribution in [0, 0.1) is 0 Å². The fourth-order valence-corrected chi connectivity index (χ4v) is 4.24. The predicted octanol–water partition coefficient (Wildman–Crippen LogP) is 3.42. The summed E-state index contributed by atoms with van der Waals surface area (Å²) in [5, 5.41) is 2.70. The molecule has 36 heavy (non-hydrogen) atoms. The molecule has 0 saturated carbocycles. The fraction of sp³-hybridized carbons (Fsp3) is 0.417. The van der Waals surface area contributed by atoms with E-state index < -0.39 is 46.2 Å². The predicted molar refractivity (Wildman–Crippen MR) is 130 cm³/mol. The molecule has 0 fully saturated rings. The molecule has 0 heterocycles.